The van der Waals surface area contributed by atoms with Crippen LogP contribution in [-0.2, 0) is 4.79 Å². The Kier molecular flexibility index (Phi) is 7.19. The molecular weight excluding hydrogens is 276 g/mol. The van der Waals surface area contributed by atoms with Crippen molar-refractivity contribution in [3.05, 3.63) is 0 Å². The molecule has 2 N–H and O–H groups in total. The monoisotopic (exact) mass is 302 g/mol. The number of carbonyl (C=O) groups excluding carboxylic acids is 1. The summed E-state index contributed by atoms with van der Waals surface area (Å²) in [4.78, 5) is 24.5. The molecule has 0 radical (unpaired) electrons. The van der Waals surface area contributed by atoms with Crippen molar-refractivity contribution in [1.82, 2.24) is 10.2 Å². The van der Waals surface area contributed by atoms with E-state index in [-0.39, 0.29) is 24.5 Å². The Hall–Kier alpha value is -0.910. The third kappa shape index (κ3) is 6.03. The number of carboxylic acid groups (broad SMARTS) is 1. The minimum atomic E-state index is -0.966. The number of rotatable bonds is 6. The summed E-state index contributed by atoms with van der Waals surface area (Å²) < 4.78 is 0. The highest BCUT2D eigenvalue weighted by atomic mass is 32.2. The maximum Gasteiger partial charge on any atom is 0.323 e. The zero-order chi connectivity index (χ0) is 15.1. The number of carbonyl (C=O) groups is 2. The molecule has 0 aromatic rings. The smallest absolute Gasteiger partial charge is 0.323 e. The maximum absolute atomic E-state index is 12.2. The molecule has 1 fully saturated rings. The van der Waals surface area contributed by atoms with Gasteiger partial charge in [-0.1, -0.05) is 20.3 Å². The summed E-state index contributed by atoms with van der Waals surface area (Å²) in [6.45, 7) is 4.19. The Morgan fingerprint density at radius 2 is 2.10 bits per heavy atom. The Morgan fingerprint density at radius 3 is 2.65 bits per heavy atom. The average molecular weight is 302 g/mol. The topological polar surface area (TPSA) is 69.6 Å². The van der Waals surface area contributed by atoms with E-state index >= 15 is 0 Å². The van der Waals surface area contributed by atoms with Crippen LogP contribution in [0.2, 0.25) is 0 Å². The number of urea groups is 1. The molecule has 5 nitrogen and oxygen atoms in total. The summed E-state index contributed by atoms with van der Waals surface area (Å²) in [5.41, 5.74) is 0. The lowest BCUT2D eigenvalue weighted by Crippen LogP contribution is -2.49. The van der Waals surface area contributed by atoms with Crippen LogP contribution < -0.4 is 5.32 Å². The van der Waals surface area contributed by atoms with E-state index in [0.717, 1.165) is 19.3 Å². The van der Waals surface area contributed by atoms with Gasteiger partial charge in [-0.15, -0.1) is 0 Å². The summed E-state index contributed by atoms with van der Waals surface area (Å²) in [5.74, 6) is -0.711. The van der Waals surface area contributed by atoms with Gasteiger partial charge in [0.1, 0.15) is 6.54 Å². The first-order valence-electron chi connectivity index (χ1n) is 7.22. The highest BCUT2D eigenvalue weighted by Crippen LogP contribution is 2.26. The summed E-state index contributed by atoms with van der Waals surface area (Å²) >= 11 is 1.85. The van der Waals surface area contributed by atoms with Crippen molar-refractivity contribution < 1.29 is 14.7 Å². The predicted molar refractivity (Wildman–Crippen MR) is 82.1 cm³/mol. The van der Waals surface area contributed by atoms with Crippen LogP contribution in [-0.4, -0.2) is 52.6 Å². The maximum atomic E-state index is 12.2. The summed E-state index contributed by atoms with van der Waals surface area (Å²) in [5, 5.41) is 12.5. The number of carboxylic acids is 1. The van der Waals surface area contributed by atoms with E-state index in [4.69, 9.17) is 5.11 Å². The predicted octanol–water partition coefficient (Wildman–Crippen LogP) is 2.41. The molecule has 2 atom stereocenters. The van der Waals surface area contributed by atoms with Crippen molar-refractivity contribution in [1.29, 1.82) is 0 Å². The first-order chi connectivity index (χ1) is 9.42. The van der Waals surface area contributed by atoms with Gasteiger partial charge in [0.25, 0.3) is 0 Å². The van der Waals surface area contributed by atoms with Gasteiger partial charge in [0.05, 0.1) is 0 Å². The molecule has 20 heavy (non-hydrogen) atoms. The largest absolute Gasteiger partial charge is 0.480 e. The van der Waals surface area contributed by atoms with E-state index in [9.17, 15) is 9.59 Å². The van der Waals surface area contributed by atoms with E-state index in [0.29, 0.717) is 11.8 Å². The quantitative estimate of drug-likeness (QED) is 0.790. The Bertz CT molecular complexity index is 336. The third-order valence-corrected chi connectivity index (χ3v) is 4.58. The van der Waals surface area contributed by atoms with Gasteiger partial charge >= 0.3 is 12.0 Å². The average Bonchev–Trinajstić information content (AvgIpc) is 2.37. The lowest BCUT2D eigenvalue weighted by Gasteiger charge is -2.31. The van der Waals surface area contributed by atoms with Gasteiger partial charge in [0, 0.05) is 17.8 Å². The standard InChI is InChI=1S/C14H26N2O3S/c1-10(2)8-16(9-13(17)18)14(19)15-11-5-4-6-12(7-11)20-3/h10-12H,4-9H2,1-3H3,(H,15,19)(H,17,18). The molecule has 0 saturated heterocycles. The minimum Gasteiger partial charge on any atom is -0.480 e. The van der Waals surface area contributed by atoms with E-state index in [1.54, 1.807) is 0 Å². The van der Waals surface area contributed by atoms with Gasteiger partial charge in [-0.2, -0.15) is 11.8 Å². The SMILES string of the molecule is CSC1CCCC(NC(=O)N(CC(=O)O)CC(C)C)C1. The number of thioether (sulfide) groups is 1. The highest BCUT2D eigenvalue weighted by molar-refractivity contribution is 7.99. The molecule has 0 aromatic carbocycles. The Morgan fingerprint density at radius 1 is 1.40 bits per heavy atom. The molecule has 6 heteroatoms. The van der Waals surface area contributed by atoms with Crippen LogP contribution in [0, 0.1) is 5.92 Å². The fraction of sp³-hybridized carbons (Fsp3) is 0.857. The minimum absolute atomic E-state index is 0.178. The zero-order valence-electron chi connectivity index (χ0n) is 12.6. The van der Waals surface area contributed by atoms with Crippen molar-refractivity contribution in [2.24, 2.45) is 5.92 Å². The molecule has 1 aliphatic rings. The van der Waals surface area contributed by atoms with Crippen molar-refractivity contribution in [3.8, 4) is 0 Å². The van der Waals surface area contributed by atoms with Crippen LogP contribution in [0.3, 0.4) is 0 Å². The molecule has 0 aliphatic heterocycles. The van der Waals surface area contributed by atoms with Crippen LogP contribution in [0.1, 0.15) is 39.5 Å². The van der Waals surface area contributed by atoms with Crippen LogP contribution in [0.5, 0.6) is 0 Å². The van der Waals surface area contributed by atoms with Gasteiger partial charge < -0.3 is 15.3 Å². The van der Waals surface area contributed by atoms with Crippen molar-refractivity contribution in [2.75, 3.05) is 19.3 Å². The molecule has 0 bridgehead atoms. The fourth-order valence-electron chi connectivity index (χ4n) is 2.58. The number of amides is 2. The zero-order valence-corrected chi connectivity index (χ0v) is 13.4. The van der Waals surface area contributed by atoms with Crippen molar-refractivity contribution in [3.63, 3.8) is 0 Å². The van der Waals surface area contributed by atoms with E-state index in [2.05, 4.69) is 11.6 Å². The molecule has 116 valence electrons. The molecular formula is C14H26N2O3S. The number of hydrogen-bond acceptors (Lipinski definition) is 3. The van der Waals surface area contributed by atoms with E-state index in [1.807, 2.05) is 25.6 Å². The number of nitrogens with one attached hydrogen (secondary N) is 1. The number of nitrogens with zero attached hydrogens (tertiary/aromatic N) is 1. The molecule has 1 aliphatic carbocycles. The fourth-order valence-corrected chi connectivity index (χ4v) is 3.41. The van der Waals surface area contributed by atoms with Gasteiger partial charge in [0.15, 0.2) is 0 Å². The molecule has 0 aromatic heterocycles. The first kappa shape index (κ1) is 17.1. The number of hydrogen-bond donors (Lipinski definition) is 2. The van der Waals surface area contributed by atoms with Gasteiger partial charge in [0.2, 0.25) is 0 Å². The summed E-state index contributed by atoms with van der Waals surface area (Å²) in [6.07, 6.45) is 6.41. The van der Waals surface area contributed by atoms with Crippen LogP contribution in [0.25, 0.3) is 0 Å². The molecule has 0 spiro atoms. The van der Waals surface area contributed by atoms with Gasteiger partial charge in [-0.05, 0) is 31.4 Å². The second-order valence-electron chi connectivity index (χ2n) is 5.84. The second-order valence-corrected chi connectivity index (χ2v) is 6.98. The Balaban J connectivity index is 2.53. The van der Waals surface area contributed by atoms with Crippen LogP contribution in [0.15, 0.2) is 0 Å². The van der Waals surface area contributed by atoms with Gasteiger partial charge in [-0.3, -0.25) is 4.79 Å². The second kappa shape index (κ2) is 8.39. The van der Waals surface area contributed by atoms with Crippen LogP contribution in [0.4, 0.5) is 4.79 Å². The Labute approximate surface area is 125 Å². The van der Waals surface area contributed by atoms with Gasteiger partial charge in [-0.25, -0.2) is 4.79 Å². The first-order valence-corrected chi connectivity index (χ1v) is 8.51. The normalized spacial score (nSPS) is 22.6. The highest BCUT2D eigenvalue weighted by Gasteiger charge is 2.25. The van der Waals surface area contributed by atoms with E-state index in [1.165, 1.54) is 11.3 Å². The molecule has 1 saturated carbocycles. The van der Waals surface area contributed by atoms with Crippen molar-refractivity contribution >= 4 is 23.8 Å². The third-order valence-electron chi connectivity index (χ3n) is 3.49. The lowest BCUT2D eigenvalue weighted by molar-refractivity contribution is -0.137. The summed E-state index contributed by atoms with van der Waals surface area (Å²) in [7, 11) is 0. The molecule has 2 unspecified atom stereocenters. The number of aliphatic carboxylic acids is 1. The molecule has 0 heterocycles. The molecule has 1 rings (SSSR count). The van der Waals surface area contributed by atoms with Crippen molar-refractivity contribution in [2.45, 2.75) is 50.8 Å². The van der Waals surface area contributed by atoms with E-state index < -0.39 is 5.97 Å². The lowest BCUT2D eigenvalue weighted by atomic mass is 9.95. The summed E-state index contributed by atoms with van der Waals surface area (Å²) in [6, 6.07) is -0.0648. The molecule has 2 amide bonds. The van der Waals surface area contributed by atoms with Crippen LogP contribution >= 0.6 is 11.8 Å².